The van der Waals surface area contributed by atoms with Crippen molar-refractivity contribution in [3.05, 3.63) is 35.9 Å². The van der Waals surface area contributed by atoms with Crippen molar-refractivity contribution < 1.29 is 9.53 Å². The average Bonchev–Trinajstić information content (AvgIpc) is 2.36. The van der Waals surface area contributed by atoms with Crippen molar-refractivity contribution in [3.8, 4) is 0 Å². The van der Waals surface area contributed by atoms with E-state index in [1.165, 1.54) is 7.11 Å². The monoisotopic (exact) mass is 239 g/mol. The maximum absolute atomic E-state index is 12.0. The molecule has 1 unspecified atom stereocenters. The van der Waals surface area contributed by atoms with Gasteiger partial charge in [0.2, 0.25) is 0 Å². The molecule has 1 aromatic rings. The Morgan fingerprint density at radius 2 is 2.06 bits per heavy atom. The molecular weight excluding hydrogens is 222 g/mol. The molecule has 1 N–H and O–H groups in total. The molecule has 0 fully saturated rings. The Bertz CT molecular complexity index is 342. The van der Waals surface area contributed by atoms with Crippen molar-refractivity contribution in [2.45, 2.75) is 5.54 Å². The number of benzene rings is 1. The molecule has 0 aromatic heterocycles. The zero-order valence-electron chi connectivity index (χ0n) is 9.82. The first-order valence-corrected chi connectivity index (χ1v) is 6.42. The number of esters is 1. The highest BCUT2D eigenvalue weighted by molar-refractivity contribution is 7.98. The summed E-state index contributed by atoms with van der Waals surface area (Å²) in [7, 11) is 3.19. The van der Waals surface area contributed by atoms with Gasteiger partial charge in [0.25, 0.3) is 0 Å². The molecule has 0 spiro atoms. The summed E-state index contributed by atoms with van der Waals surface area (Å²) in [5, 5.41) is 3.09. The van der Waals surface area contributed by atoms with Gasteiger partial charge in [0.1, 0.15) is 0 Å². The second-order valence-corrected chi connectivity index (χ2v) is 4.31. The van der Waals surface area contributed by atoms with E-state index >= 15 is 0 Å². The second kappa shape index (κ2) is 5.92. The van der Waals surface area contributed by atoms with Crippen LogP contribution in [0.15, 0.2) is 30.3 Å². The molecule has 0 amide bonds. The minimum atomic E-state index is -0.755. The van der Waals surface area contributed by atoms with E-state index in [0.29, 0.717) is 5.75 Å². The van der Waals surface area contributed by atoms with Crippen LogP contribution in [0.4, 0.5) is 0 Å². The minimum Gasteiger partial charge on any atom is -0.467 e. The van der Waals surface area contributed by atoms with Crippen LogP contribution in [0, 0.1) is 0 Å². The Morgan fingerprint density at radius 3 is 2.50 bits per heavy atom. The lowest BCUT2D eigenvalue weighted by Gasteiger charge is -2.30. The summed E-state index contributed by atoms with van der Waals surface area (Å²) in [4.78, 5) is 12.0. The van der Waals surface area contributed by atoms with Crippen molar-refractivity contribution in [1.29, 1.82) is 0 Å². The zero-order valence-corrected chi connectivity index (χ0v) is 10.6. The number of ether oxygens (including phenoxy) is 1. The second-order valence-electron chi connectivity index (χ2n) is 3.45. The van der Waals surface area contributed by atoms with Gasteiger partial charge < -0.3 is 10.1 Å². The molecule has 0 aliphatic heterocycles. The molecule has 0 bridgehead atoms. The molecule has 0 saturated heterocycles. The molecule has 0 aliphatic carbocycles. The summed E-state index contributed by atoms with van der Waals surface area (Å²) in [6.45, 7) is 0. The van der Waals surface area contributed by atoms with Crippen molar-refractivity contribution >= 4 is 17.7 Å². The number of carbonyl (C=O) groups is 1. The molecule has 0 radical (unpaired) electrons. The largest absolute Gasteiger partial charge is 0.467 e. The van der Waals surface area contributed by atoms with E-state index in [1.54, 1.807) is 18.8 Å². The highest BCUT2D eigenvalue weighted by Gasteiger charge is 2.39. The van der Waals surface area contributed by atoms with E-state index in [4.69, 9.17) is 4.74 Å². The van der Waals surface area contributed by atoms with Gasteiger partial charge in [0.15, 0.2) is 5.54 Å². The average molecular weight is 239 g/mol. The highest BCUT2D eigenvalue weighted by Crippen LogP contribution is 2.26. The fourth-order valence-corrected chi connectivity index (χ4v) is 2.55. The molecule has 88 valence electrons. The summed E-state index contributed by atoms with van der Waals surface area (Å²) in [6.07, 6.45) is 1.97. The third-order valence-corrected chi connectivity index (χ3v) is 3.31. The molecule has 16 heavy (non-hydrogen) atoms. The molecule has 3 nitrogen and oxygen atoms in total. The molecule has 0 saturated carbocycles. The standard InChI is InChI=1S/C12H17NO2S/c1-13-12(9-16-3,11(14)15-2)10-7-5-4-6-8-10/h4-8,13H,9H2,1-3H3. The van der Waals surface area contributed by atoms with Gasteiger partial charge in [-0.25, -0.2) is 4.79 Å². The van der Waals surface area contributed by atoms with Crippen LogP contribution in [-0.4, -0.2) is 32.1 Å². The van der Waals surface area contributed by atoms with Crippen LogP contribution >= 0.6 is 11.8 Å². The fraction of sp³-hybridized carbons (Fsp3) is 0.417. The number of nitrogens with one attached hydrogen (secondary N) is 1. The van der Waals surface area contributed by atoms with Crippen LogP contribution in [-0.2, 0) is 15.1 Å². The normalized spacial score (nSPS) is 14.2. The Kier molecular flexibility index (Phi) is 4.83. The van der Waals surface area contributed by atoms with Crippen LogP contribution in [0.5, 0.6) is 0 Å². The van der Waals surface area contributed by atoms with Gasteiger partial charge in [0, 0.05) is 5.75 Å². The van der Waals surface area contributed by atoms with Gasteiger partial charge >= 0.3 is 5.97 Å². The Morgan fingerprint density at radius 1 is 1.44 bits per heavy atom. The van der Waals surface area contributed by atoms with E-state index < -0.39 is 5.54 Å². The quantitative estimate of drug-likeness (QED) is 0.793. The summed E-state index contributed by atoms with van der Waals surface area (Å²) in [6, 6.07) is 9.64. The molecule has 0 heterocycles. The van der Waals surface area contributed by atoms with Gasteiger partial charge in [-0.1, -0.05) is 30.3 Å². The molecule has 1 rings (SSSR count). The molecule has 4 heteroatoms. The summed E-state index contributed by atoms with van der Waals surface area (Å²) in [5.74, 6) is 0.385. The summed E-state index contributed by atoms with van der Waals surface area (Å²) < 4.78 is 4.90. The first-order chi connectivity index (χ1) is 7.71. The number of hydrogen-bond donors (Lipinski definition) is 1. The lowest BCUT2D eigenvalue weighted by molar-refractivity contribution is -0.147. The van der Waals surface area contributed by atoms with Gasteiger partial charge in [0.05, 0.1) is 7.11 Å². The third-order valence-electron chi connectivity index (χ3n) is 2.59. The molecule has 1 aromatic carbocycles. The molecule has 0 aliphatic rings. The fourth-order valence-electron chi connectivity index (χ4n) is 1.69. The predicted octanol–water partition coefficient (Wildman–Crippen LogP) is 1.64. The highest BCUT2D eigenvalue weighted by atomic mass is 32.2. The van der Waals surface area contributed by atoms with Gasteiger partial charge in [-0.15, -0.1) is 0 Å². The van der Waals surface area contributed by atoms with E-state index in [9.17, 15) is 4.79 Å². The van der Waals surface area contributed by atoms with E-state index in [1.807, 2.05) is 36.6 Å². The lowest BCUT2D eigenvalue weighted by Crippen LogP contribution is -2.50. The summed E-state index contributed by atoms with van der Waals surface area (Å²) >= 11 is 1.61. The number of rotatable bonds is 5. The van der Waals surface area contributed by atoms with E-state index in [0.717, 1.165) is 5.56 Å². The number of methoxy groups -OCH3 is 1. The first kappa shape index (κ1) is 13.1. The SMILES string of the molecule is CNC(CSC)(C(=O)OC)c1ccccc1. The number of thioether (sulfide) groups is 1. The number of likely N-dealkylation sites (N-methyl/N-ethyl adjacent to an activating group) is 1. The van der Waals surface area contributed by atoms with Crippen molar-refractivity contribution in [2.75, 3.05) is 26.2 Å². The van der Waals surface area contributed by atoms with Gasteiger partial charge in [-0.05, 0) is 18.9 Å². The molecule has 1 atom stereocenters. The smallest absolute Gasteiger partial charge is 0.331 e. The van der Waals surface area contributed by atoms with Crippen LogP contribution in [0.2, 0.25) is 0 Å². The lowest BCUT2D eigenvalue weighted by atomic mass is 9.92. The predicted molar refractivity (Wildman–Crippen MR) is 67.6 cm³/mol. The van der Waals surface area contributed by atoms with Crippen LogP contribution in [0.1, 0.15) is 5.56 Å². The number of hydrogen-bond acceptors (Lipinski definition) is 4. The van der Waals surface area contributed by atoms with E-state index in [2.05, 4.69) is 5.32 Å². The summed E-state index contributed by atoms with van der Waals surface area (Å²) in [5.41, 5.74) is 0.175. The number of carbonyl (C=O) groups excluding carboxylic acids is 1. The minimum absolute atomic E-state index is 0.254. The third kappa shape index (κ3) is 2.39. The Balaban J connectivity index is 3.17. The molecular formula is C12H17NO2S. The first-order valence-electron chi connectivity index (χ1n) is 5.03. The van der Waals surface area contributed by atoms with Gasteiger partial charge in [-0.3, -0.25) is 0 Å². The zero-order chi connectivity index (χ0) is 12.0. The van der Waals surface area contributed by atoms with Crippen molar-refractivity contribution in [3.63, 3.8) is 0 Å². The van der Waals surface area contributed by atoms with Crippen LogP contribution in [0.3, 0.4) is 0 Å². The Labute approximate surface area is 101 Å². The van der Waals surface area contributed by atoms with E-state index in [-0.39, 0.29) is 5.97 Å². The maximum atomic E-state index is 12.0. The van der Waals surface area contributed by atoms with Gasteiger partial charge in [-0.2, -0.15) is 11.8 Å². The van der Waals surface area contributed by atoms with Crippen LogP contribution < -0.4 is 5.32 Å². The topological polar surface area (TPSA) is 38.3 Å². The Hall–Kier alpha value is -1.00. The maximum Gasteiger partial charge on any atom is 0.331 e. The van der Waals surface area contributed by atoms with Crippen LogP contribution in [0.25, 0.3) is 0 Å². The van der Waals surface area contributed by atoms with Crippen molar-refractivity contribution in [2.24, 2.45) is 0 Å². The van der Waals surface area contributed by atoms with Crippen molar-refractivity contribution in [1.82, 2.24) is 5.32 Å².